The molecule has 1 N–H and O–H groups in total. The SMILES string of the molecule is CCOC(=O)CCCOc1cccc2cc(NC(=O)CC(=O)N3CCN(C(=O)OCC)CC3)ccc12. The molecule has 3 amide bonds. The van der Waals surface area contributed by atoms with Gasteiger partial charge in [0.2, 0.25) is 11.8 Å². The van der Waals surface area contributed by atoms with E-state index < -0.39 is 5.91 Å². The van der Waals surface area contributed by atoms with E-state index in [1.807, 2.05) is 30.3 Å². The Labute approximate surface area is 210 Å². The molecule has 1 aliphatic heterocycles. The Morgan fingerprint density at radius 3 is 2.36 bits per heavy atom. The molecule has 1 fully saturated rings. The quantitative estimate of drug-likeness (QED) is 0.303. The van der Waals surface area contributed by atoms with E-state index in [1.165, 1.54) is 0 Å². The van der Waals surface area contributed by atoms with Crippen LogP contribution in [0, 0.1) is 0 Å². The van der Waals surface area contributed by atoms with Crippen molar-refractivity contribution in [2.75, 3.05) is 51.3 Å². The van der Waals surface area contributed by atoms with Crippen LogP contribution in [0.3, 0.4) is 0 Å². The highest BCUT2D eigenvalue weighted by molar-refractivity contribution is 6.04. The zero-order chi connectivity index (χ0) is 25.9. The number of nitrogens with one attached hydrogen (secondary N) is 1. The largest absolute Gasteiger partial charge is 0.493 e. The zero-order valence-electron chi connectivity index (χ0n) is 20.8. The minimum atomic E-state index is -0.404. The lowest BCUT2D eigenvalue weighted by atomic mass is 10.1. The van der Waals surface area contributed by atoms with Gasteiger partial charge in [-0.25, -0.2) is 4.79 Å². The Morgan fingerprint density at radius 2 is 1.64 bits per heavy atom. The van der Waals surface area contributed by atoms with Gasteiger partial charge in [-0.2, -0.15) is 0 Å². The van der Waals surface area contributed by atoms with Crippen molar-refractivity contribution in [3.05, 3.63) is 36.4 Å². The number of piperazine rings is 1. The van der Waals surface area contributed by atoms with E-state index in [2.05, 4.69) is 5.32 Å². The predicted octanol–water partition coefficient (Wildman–Crippen LogP) is 3.19. The number of ether oxygens (including phenoxy) is 3. The number of rotatable bonds is 10. The van der Waals surface area contributed by atoms with Crippen molar-refractivity contribution in [2.45, 2.75) is 33.1 Å². The molecule has 0 aromatic heterocycles. The van der Waals surface area contributed by atoms with Crippen molar-refractivity contribution in [1.29, 1.82) is 0 Å². The molecule has 194 valence electrons. The summed E-state index contributed by atoms with van der Waals surface area (Å²) < 4.78 is 15.7. The molecule has 0 radical (unpaired) electrons. The summed E-state index contributed by atoms with van der Waals surface area (Å²) in [5, 5.41) is 4.53. The maximum Gasteiger partial charge on any atom is 0.409 e. The molecule has 0 atom stereocenters. The average Bonchev–Trinajstić information content (AvgIpc) is 2.87. The number of carbonyl (C=O) groups excluding carboxylic acids is 4. The summed E-state index contributed by atoms with van der Waals surface area (Å²) in [6.07, 6.45) is 0.189. The molecule has 2 aromatic carbocycles. The standard InChI is InChI=1S/C26H33N3O7/c1-3-34-25(32)9-6-16-36-22-8-5-7-19-17-20(10-11-21(19)22)27-23(30)18-24(31)28-12-14-29(15-13-28)26(33)35-4-2/h5,7-8,10-11,17H,3-4,6,9,12-16,18H2,1-2H3,(H,27,30). The number of anilines is 1. The molecule has 10 heteroatoms. The molecule has 1 saturated heterocycles. The van der Waals surface area contributed by atoms with Crippen LogP contribution < -0.4 is 10.1 Å². The van der Waals surface area contributed by atoms with E-state index in [0.717, 1.165) is 10.8 Å². The molecular weight excluding hydrogens is 466 g/mol. The lowest BCUT2D eigenvalue weighted by molar-refractivity contribution is -0.143. The summed E-state index contributed by atoms with van der Waals surface area (Å²) in [7, 11) is 0. The molecule has 0 bridgehead atoms. The summed E-state index contributed by atoms with van der Waals surface area (Å²) in [4.78, 5) is 51.4. The number of carbonyl (C=O) groups is 4. The van der Waals surface area contributed by atoms with E-state index >= 15 is 0 Å². The van der Waals surface area contributed by atoms with Gasteiger partial charge in [0.25, 0.3) is 0 Å². The Balaban J connectivity index is 1.50. The van der Waals surface area contributed by atoms with Gasteiger partial charge in [-0.15, -0.1) is 0 Å². The van der Waals surface area contributed by atoms with Crippen LogP contribution >= 0.6 is 0 Å². The molecule has 0 spiro atoms. The third-order valence-electron chi connectivity index (χ3n) is 5.68. The van der Waals surface area contributed by atoms with Gasteiger partial charge in [-0.1, -0.05) is 12.1 Å². The van der Waals surface area contributed by atoms with Crippen molar-refractivity contribution >= 4 is 40.3 Å². The fourth-order valence-electron chi connectivity index (χ4n) is 3.90. The summed E-state index contributed by atoms with van der Waals surface area (Å²) in [6, 6.07) is 11.0. The Bertz CT molecular complexity index is 1080. The smallest absolute Gasteiger partial charge is 0.409 e. The van der Waals surface area contributed by atoms with E-state index in [1.54, 1.807) is 29.7 Å². The average molecular weight is 500 g/mol. The Kier molecular flexibility index (Phi) is 9.91. The molecule has 0 saturated carbocycles. The van der Waals surface area contributed by atoms with Gasteiger partial charge < -0.3 is 29.3 Å². The second kappa shape index (κ2) is 13.3. The lowest BCUT2D eigenvalue weighted by Gasteiger charge is -2.34. The van der Waals surface area contributed by atoms with Crippen LogP contribution in [0.1, 0.15) is 33.1 Å². The van der Waals surface area contributed by atoms with Crippen LogP contribution in [0.5, 0.6) is 5.75 Å². The van der Waals surface area contributed by atoms with Crippen LogP contribution in [0.25, 0.3) is 10.8 Å². The second-order valence-corrected chi connectivity index (χ2v) is 8.24. The van der Waals surface area contributed by atoms with Gasteiger partial charge in [-0.3, -0.25) is 14.4 Å². The van der Waals surface area contributed by atoms with E-state index in [9.17, 15) is 19.2 Å². The van der Waals surface area contributed by atoms with Crippen molar-refractivity contribution in [3.63, 3.8) is 0 Å². The number of nitrogens with zero attached hydrogens (tertiary/aromatic N) is 2. The highest BCUT2D eigenvalue weighted by Gasteiger charge is 2.25. The second-order valence-electron chi connectivity index (χ2n) is 8.24. The molecule has 1 aliphatic rings. The molecule has 0 unspecified atom stereocenters. The van der Waals surface area contributed by atoms with E-state index in [4.69, 9.17) is 14.2 Å². The molecule has 10 nitrogen and oxygen atoms in total. The third kappa shape index (κ3) is 7.59. The fourth-order valence-corrected chi connectivity index (χ4v) is 3.90. The summed E-state index contributed by atoms with van der Waals surface area (Å²) in [5.41, 5.74) is 0.576. The highest BCUT2D eigenvalue weighted by atomic mass is 16.6. The number of esters is 1. The summed E-state index contributed by atoms with van der Waals surface area (Å²) >= 11 is 0. The Morgan fingerprint density at radius 1 is 0.917 bits per heavy atom. The molecule has 0 aliphatic carbocycles. The van der Waals surface area contributed by atoms with Crippen molar-refractivity contribution in [3.8, 4) is 5.75 Å². The predicted molar refractivity (Wildman–Crippen MR) is 134 cm³/mol. The summed E-state index contributed by atoms with van der Waals surface area (Å²) in [5.74, 6) is -0.239. The number of hydrogen-bond donors (Lipinski definition) is 1. The molecule has 2 aromatic rings. The highest BCUT2D eigenvalue weighted by Crippen LogP contribution is 2.28. The van der Waals surface area contributed by atoms with Gasteiger partial charge in [0.05, 0.1) is 19.8 Å². The van der Waals surface area contributed by atoms with Gasteiger partial charge >= 0.3 is 12.1 Å². The molecule has 3 rings (SSSR count). The number of fused-ring (bicyclic) bond motifs is 1. The fraction of sp³-hybridized carbons (Fsp3) is 0.462. The zero-order valence-corrected chi connectivity index (χ0v) is 20.8. The van der Waals surface area contributed by atoms with Crippen LogP contribution in [0.2, 0.25) is 0 Å². The van der Waals surface area contributed by atoms with Crippen LogP contribution in [-0.2, 0) is 23.9 Å². The molecule has 36 heavy (non-hydrogen) atoms. The van der Waals surface area contributed by atoms with E-state index in [0.29, 0.717) is 70.3 Å². The summed E-state index contributed by atoms with van der Waals surface area (Å²) in [6.45, 7) is 6.06. The number of hydrogen-bond acceptors (Lipinski definition) is 7. The minimum absolute atomic E-state index is 0.239. The first-order valence-electron chi connectivity index (χ1n) is 12.2. The minimum Gasteiger partial charge on any atom is -0.493 e. The first-order valence-corrected chi connectivity index (χ1v) is 12.2. The van der Waals surface area contributed by atoms with Crippen LogP contribution in [0.4, 0.5) is 10.5 Å². The monoisotopic (exact) mass is 499 g/mol. The number of amides is 3. The Hall–Kier alpha value is -3.82. The van der Waals surface area contributed by atoms with Gasteiger partial charge in [0.15, 0.2) is 0 Å². The first-order chi connectivity index (χ1) is 17.4. The molecular formula is C26H33N3O7. The number of benzene rings is 2. The maximum absolute atomic E-state index is 12.5. The van der Waals surface area contributed by atoms with Crippen molar-refractivity contribution in [2.24, 2.45) is 0 Å². The topological polar surface area (TPSA) is 114 Å². The van der Waals surface area contributed by atoms with Crippen LogP contribution in [-0.4, -0.2) is 79.7 Å². The van der Waals surface area contributed by atoms with Gasteiger partial charge in [-0.05, 0) is 49.9 Å². The van der Waals surface area contributed by atoms with Gasteiger partial charge in [0, 0.05) is 43.7 Å². The molecule has 1 heterocycles. The van der Waals surface area contributed by atoms with Crippen LogP contribution in [0.15, 0.2) is 36.4 Å². The normalized spacial score (nSPS) is 13.3. The van der Waals surface area contributed by atoms with Crippen molar-refractivity contribution in [1.82, 2.24) is 9.80 Å². The van der Waals surface area contributed by atoms with Crippen molar-refractivity contribution < 1.29 is 33.4 Å². The lowest BCUT2D eigenvalue weighted by Crippen LogP contribution is -2.51. The first kappa shape index (κ1) is 26.8. The maximum atomic E-state index is 12.5. The third-order valence-corrected chi connectivity index (χ3v) is 5.68. The van der Waals surface area contributed by atoms with E-state index in [-0.39, 0.29) is 24.4 Å². The van der Waals surface area contributed by atoms with Gasteiger partial charge in [0.1, 0.15) is 12.2 Å².